The highest BCUT2D eigenvalue weighted by Crippen LogP contribution is 2.54. The van der Waals surface area contributed by atoms with E-state index in [0.717, 1.165) is 0 Å². The van der Waals surface area contributed by atoms with Crippen molar-refractivity contribution in [2.75, 3.05) is 26.4 Å². The van der Waals surface area contributed by atoms with E-state index in [2.05, 4.69) is 0 Å². The fraction of sp³-hybridized carbons (Fsp3) is 0.481. The summed E-state index contributed by atoms with van der Waals surface area (Å²) >= 11 is 0. The van der Waals surface area contributed by atoms with Gasteiger partial charge in [-0.1, -0.05) is 31.2 Å². The second-order valence-corrected chi connectivity index (χ2v) is 8.50. The zero-order chi connectivity index (χ0) is 27.3. The molecule has 0 radical (unpaired) electrons. The van der Waals surface area contributed by atoms with Crippen LogP contribution < -0.4 is 0 Å². The molecule has 37 heavy (non-hydrogen) atoms. The van der Waals surface area contributed by atoms with E-state index in [-0.39, 0.29) is 26.4 Å². The first-order chi connectivity index (χ1) is 17.7. The van der Waals surface area contributed by atoms with Crippen LogP contribution >= 0.6 is 0 Å². The molecule has 200 valence electrons. The lowest BCUT2D eigenvalue weighted by atomic mass is 9.74. The van der Waals surface area contributed by atoms with Gasteiger partial charge in [-0.25, -0.2) is 9.59 Å². The third-order valence-electron chi connectivity index (χ3n) is 6.34. The molecule has 1 aromatic carbocycles. The van der Waals surface area contributed by atoms with E-state index in [4.69, 9.17) is 18.9 Å². The molecule has 2 aliphatic rings. The molecule has 2 bridgehead atoms. The second kappa shape index (κ2) is 11.9. The van der Waals surface area contributed by atoms with Gasteiger partial charge < -0.3 is 29.2 Å². The summed E-state index contributed by atoms with van der Waals surface area (Å²) in [6, 6.07) is 6.50. The number of ether oxygens (including phenoxy) is 4. The molecule has 2 aliphatic carbocycles. The maximum atomic E-state index is 13.4. The topological polar surface area (TPSA) is 146 Å². The smallest absolute Gasteiger partial charge is 0.338 e. The summed E-state index contributed by atoms with van der Waals surface area (Å²) < 4.78 is 21.0. The van der Waals surface area contributed by atoms with E-state index < -0.39 is 70.2 Å². The first kappa shape index (κ1) is 27.8. The molecule has 10 nitrogen and oxygen atoms in total. The zero-order valence-electron chi connectivity index (χ0n) is 21.3. The largest absolute Gasteiger partial charge is 0.511 e. The van der Waals surface area contributed by atoms with E-state index in [9.17, 15) is 29.4 Å². The average molecular weight is 517 g/mol. The van der Waals surface area contributed by atoms with Crippen LogP contribution in [0.1, 0.15) is 57.1 Å². The first-order valence-corrected chi connectivity index (χ1v) is 12.4. The summed E-state index contributed by atoms with van der Waals surface area (Å²) in [7, 11) is 0. The van der Waals surface area contributed by atoms with Crippen LogP contribution in [0.4, 0.5) is 0 Å². The Morgan fingerprint density at radius 1 is 0.703 bits per heavy atom. The van der Waals surface area contributed by atoms with E-state index >= 15 is 0 Å². The van der Waals surface area contributed by atoms with Gasteiger partial charge in [0.05, 0.1) is 43.5 Å². The second-order valence-electron chi connectivity index (χ2n) is 8.50. The molecule has 0 saturated carbocycles. The Labute approximate surface area is 214 Å². The van der Waals surface area contributed by atoms with Gasteiger partial charge in [0.1, 0.15) is 23.4 Å². The Bertz CT molecular complexity index is 1130. The van der Waals surface area contributed by atoms with Gasteiger partial charge >= 0.3 is 23.9 Å². The van der Waals surface area contributed by atoms with Crippen LogP contribution in [0.3, 0.4) is 0 Å². The summed E-state index contributed by atoms with van der Waals surface area (Å²) in [6.07, 6.45) is 0.474. The predicted molar refractivity (Wildman–Crippen MR) is 129 cm³/mol. The van der Waals surface area contributed by atoms with Gasteiger partial charge in [0.2, 0.25) is 0 Å². The molecule has 1 aromatic rings. The van der Waals surface area contributed by atoms with Crippen molar-refractivity contribution in [3.8, 4) is 0 Å². The quantitative estimate of drug-likeness (QED) is 0.370. The number of carbonyl (C=O) groups excluding carboxylic acids is 4. The monoisotopic (exact) mass is 516 g/mol. The van der Waals surface area contributed by atoms with Crippen LogP contribution in [0.2, 0.25) is 0 Å². The highest BCUT2D eigenvalue weighted by atomic mass is 16.5. The molecular weight excluding hydrogens is 484 g/mol. The lowest BCUT2D eigenvalue weighted by Gasteiger charge is -2.32. The van der Waals surface area contributed by atoms with Gasteiger partial charge in [-0.05, 0) is 38.3 Å². The molecule has 0 aromatic heterocycles. The molecule has 0 amide bonds. The molecule has 0 fully saturated rings. The lowest BCUT2D eigenvalue weighted by molar-refractivity contribution is -0.153. The number of carbonyl (C=O) groups is 4. The number of benzene rings is 1. The molecule has 0 saturated heterocycles. The molecule has 2 N–H and O–H groups in total. The van der Waals surface area contributed by atoms with E-state index in [1.54, 1.807) is 52.0 Å². The lowest BCUT2D eigenvalue weighted by Crippen LogP contribution is -2.38. The maximum Gasteiger partial charge on any atom is 0.338 e. The summed E-state index contributed by atoms with van der Waals surface area (Å²) in [5.41, 5.74) is -0.125. The van der Waals surface area contributed by atoms with Crippen molar-refractivity contribution in [1.82, 2.24) is 0 Å². The molecule has 0 spiro atoms. The van der Waals surface area contributed by atoms with Crippen LogP contribution in [0.5, 0.6) is 0 Å². The number of hydrogen-bond donors (Lipinski definition) is 2. The molecule has 0 unspecified atom stereocenters. The van der Waals surface area contributed by atoms with Gasteiger partial charge in [-0.2, -0.15) is 0 Å². The molecular formula is C27H32O10. The Hall–Kier alpha value is -3.82. The fourth-order valence-electron chi connectivity index (χ4n) is 4.96. The molecule has 4 atom stereocenters. The van der Waals surface area contributed by atoms with Gasteiger partial charge in [-0.15, -0.1) is 0 Å². The van der Waals surface area contributed by atoms with Gasteiger partial charge in [0.15, 0.2) is 0 Å². The van der Waals surface area contributed by atoms with Crippen molar-refractivity contribution in [2.24, 2.45) is 11.8 Å². The fourth-order valence-corrected chi connectivity index (χ4v) is 4.96. The Morgan fingerprint density at radius 2 is 1.16 bits per heavy atom. The van der Waals surface area contributed by atoms with Crippen LogP contribution in [0.15, 0.2) is 46.9 Å². The van der Waals surface area contributed by atoms with E-state index in [0.29, 0.717) is 17.5 Å². The van der Waals surface area contributed by atoms with E-state index in [1.165, 1.54) is 0 Å². The van der Waals surface area contributed by atoms with Crippen molar-refractivity contribution in [1.29, 1.82) is 0 Å². The Kier molecular flexibility index (Phi) is 8.96. The minimum absolute atomic E-state index is 0.00731. The number of esters is 4. The Balaban J connectivity index is 2.48. The molecule has 10 heteroatoms. The maximum absolute atomic E-state index is 13.4. The van der Waals surface area contributed by atoms with Crippen molar-refractivity contribution in [3.63, 3.8) is 0 Å². The summed E-state index contributed by atoms with van der Waals surface area (Å²) in [5.74, 6) is -11.0. The van der Waals surface area contributed by atoms with Gasteiger partial charge in [-0.3, -0.25) is 9.59 Å². The van der Waals surface area contributed by atoms with Crippen molar-refractivity contribution in [3.05, 3.63) is 58.1 Å². The average Bonchev–Trinajstić information content (AvgIpc) is 3.03. The first-order valence-electron chi connectivity index (χ1n) is 12.4. The van der Waals surface area contributed by atoms with Crippen molar-refractivity contribution < 1.29 is 48.3 Å². The summed E-state index contributed by atoms with van der Waals surface area (Å²) in [6.45, 7) is 6.34. The normalized spacial score (nSPS) is 22.5. The zero-order valence-corrected chi connectivity index (χ0v) is 21.3. The van der Waals surface area contributed by atoms with Crippen molar-refractivity contribution >= 4 is 23.9 Å². The number of aliphatic hydroxyl groups excluding tert-OH is 2. The van der Waals surface area contributed by atoms with E-state index in [1.807, 2.05) is 0 Å². The number of aliphatic hydroxyl groups is 2. The molecule has 3 rings (SSSR count). The standard InChI is InChI=1S/C27H32O10/c1-5-13-37-27(33)21-17-15-12-10-9-11-14(15)16(19(23(21)29)25(31)35-7-3)18(24(30)34-6-2)22(28)20(17)26(32)36-8-4/h9-12,16-19,28-29H,5-8,13H2,1-4H3/t16-,17-,18-,19+/m1/s1. The minimum atomic E-state index is -1.57. The third kappa shape index (κ3) is 5.05. The van der Waals surface area contributed by atoms with Crippen LogP contribution in [0, 0.1) is 11.8 Å². The number of rotatable bonds is 9. The molecule has 0 aliphatic heterocycles. The van der Waals surface area contributed by atoms with Gasteiger partial charge in [0, 0.05) is 5.92 Å². The number of hydrogen-bond acceptors (Lipinski definition) is 10. The molecule has 0 heterocycles. The summed E-state index contributed by atoms with van der Waals surface area (Å²) in [4.78, 5) is 53.2. The predicted octanol–water partition coefficient (Wildman–Crippen LogP) is 3.38. The van der Waals surface area contributed by atoms with Crippen molar-refractivity contribution in [2.45, 2.75) is 46.0 Å². The highest BCUT2D eigenvalue weighted by molar-refractivity contribution is 6.01. The summed E-state index contributed by atoms with van der Waals surface area (Å²) in [5, 5.41) is 23.1. The third-order valence-corrected chi connectivity index (χ3v) is 6.34. The van der Waals surface area contributed by atoms with Gasteiger partial charge in [0.25, 0.3) is 0 Å². The van der Waals surface area contributed by atoms with Crippen LogP contribution in [-0.2, 0) is 38.1 Å². The minimum Gasteiger partial charge on any atom is -0.511 e. The SMILES string of the molecule is CCCOC(=O)C1=C(O)[C@@H](C(=O)OCC)[C@@H]2c3ccccc3[C@@H]1C(C(=O)OCC)=C(O)[C@@H]2C(=O)OCC. The highest BCUT2D eigenvalue weighted by Gasteiger charge is 2.56. The van der Waals surface area contributed by atoms with Crippen LogP contribution in [0.25, 0.3) is 0 Å². The Morgan fingerprint density at radius 3 is 1.62 bits per heavy atom. The van der Waals surface area contributed by atoms with Crippen LogP contribution in [-0.4, -0.2) is 60.5 Å².